The third kappa shape index (κ3) is 3.56. The molecule has 114 valence electrons. The van der Waals surface area contributed by atoms with Crippen molar-refractivity contribution < 1.29 is 14.5 Å². The molecule has 0 spiro atoms. The maximum Gasteiger partial charge on any atom is 0.272 e. The van der Waals surface area contributed by atoms with Gasteiger partial charge in [0.25, 0.3) is 5.69 Å². The van der Waals surface area contributed by atoms with Crippen molar-refractivity contribution in [2.24, 2.45) is 0 Å². The highest BCUT2D eigenvalue weighted by Gasteiger charge is 2.26. The van der Waals surface area contributed by atoms with E-state index in [0.29, 0.717) is 31.8 Å². The summed E-state index contributed by atoms with van der Waals surface area (Å²) in [6.45, 7) is 4.00. The number of ether oxygens (including phenoxy) is 1. The number of nitro groups is 1. The molecule has 1 aromatic rings. The van der Waals surface area contributed by atoms with E-state index in [1.165, 1.54) is 6.07 Å². The standard InChI is InChI=1S/C14H19N3O4/c1-10-11(4-3-5-12(10)17(19)20)8-16-6-7-21-13(9-16)14(18)15-2/h3-5,13H,6-9H2,1-2H3,(H,15,18). The Morgan fingerprint density at radius 3 is 3.00 bits per heavy atom. The summed E-state index contributed by atoms with van der Waals surface area (Å²) in [6, 6.07) is 5.08. The monoisotopic (exact) mass is 293 g/mol. The molecule has 0 aromatic heterocycles. The Morgan fingerprint density at radius 1 is 1.57 bits per heavy atom. The van der Waals surface area contributed by atoms with Gasteiger partial charge in [-0.05, 0) is 12.5 Å². The van der Waals surface area contributed by atoms with Crippen LogP contribution in [0.5, 0.6) is 0 Å². The normalized spacial score (nSPS) is 19.2. The second kappa shape index (κ2) is 6.64. The van der Waals surface area contributed by atoms with Gasteiger partial charge >= 0.3 is 0 Å². The average molecular weight is 293 g/mol. The zero-order chi connectivity index (χ0) is 15.4. The van der Waals surface area contributed by atoms with Gasteiger partial charge in [-0.25, -0.2) is 0 Å². The number of morpholine rings is 1. The SMILES string of the molecule is CNC(=O)C1CN(Cc2cccc([N+](=O)[O-])c2C)CCO1. The Morgan fingerprint density at radius 2 is 2.33 bits per heavy atom. The van der Waals surface area contributed by atoms with E-state index >= 15 is 0 Å². The Balaban J connectivity index is 2.09. The van der Waals surface area contributed by atoms with Gasteiger partial charge < -0.3 is 10.1 Å². The molecule has 1 unspecified atom stereocenters. The number of hydrogen-bond donors (Lipinski definition) is 1. The first kappa shape index (κ1) is 15.4. The summed E-state index contributed by atoms with van der Waals surface area (Å²) < 4.78 is 5.43. The van der Waals surface area contributed by atoms with Crippen LogP contribution in [-0.2, 0) is 16.1 Å². The van der Waals surface area contributed by atoms with Crippen molar-refractivity contribution in [1.82, 2.24) is 10.2 Å². The summed E-state index contributed by atoms with van der Waals surface area (Å²) in [7, 11) is 1.58. The third-order valence-corrected chi connectivity index (χ3v) is 3.70. The van der Waals surface area contributed by atoms with Gasteiger partial charge in [-0.3, -0.25) is 19.8 Å². The third-order valence-electron chi connectivity index (χ3n) is 3.70. The number of amides is 1. The van der Waals surface area contributed by atoms with E-state index in [1.54, 1.807) is 20.0 Å². The minimum absolute atomic E-state index is 0.128. The molecule has 1 aliphatic heterocycles. The zero-order valence-electron chi connectivity index (χ0n) is 12.2. The molecule has 1 saturated heterocycles. The minimum Gasteiger partial charge on any atom is -0.366 e. The number of carbonyl (C=O) groups is 1. The Labute approximate surface area is 123 Å². The van der Waals surface area contributed by atoms with E-state index in [-0.39, 0.29) is 16.5 Å². The van der Waals surface area contributed by atoms with Crippen molar-refractivity contribution in [3.05, 3.63) is 39.4 Å². The number of carbonyl (C=O) groups excluding carboxylic acids is 1. The van der Waals surface area contributed by atoms with Crippen LogP contribution in [0.15, 0.2) is 18.2 Å². The molecule has 1 fully saturated rings. The topological polar surface area (TPSA) is 84.7 Å². The van der Waals surface area contributed by atoms with Gasteiger partial charge in [-0.2, -0.15) is 0 Å². The first-order chi connectivity index (χ1) is 10.0. The van der Waals surface area contributed by atoms with Crippen molar-refractivity contribution in [2.75, 3.05) is 26.7 Å². The lowest BCUT2D eigenvalue weighted by atomic mass is 10.1. The summed E-state index contributed by atoms with van der Waals surface area (Å²) >= 11 is 0. The quantitative estimate of drug-likeness (QED) is 0.657. The summed E-state index contributed by atoms with van der Waals surface area (Å²) in [5.74, 6) is -0.143. The lowest BCUT2D eigenvalue weighted by Crippen LogP contribution is -2.48. The number of nitrogens with one attached hydrogen (secondary N) is 1. The molecule has 1 aromatic carbocycles. The highest BCUT2D eigenvalue weighted by atomic mass is 16.6. The fourth-order valence-electron chi connectivity index (χ4n) is 2.45. The van der Waals surface area contributed by atoms with E-state index in [2.05, 4.69) is 10.2 Å². The summed E-state index contributed by atoms with van der Waals surface area (Å²) in [5, 5.41) is 13.5. The highest BCUT2D eigenvalue weighted by molar-refractivity contribution is 5.80. The van der Waals surface area contributed by atoms with Crippen LogP contribution < -0.4 is 5.32 Å². The molecule has 0 bridgehead atoms. The molecule has 2 rings (SSSR count). The van der Waals surface area contributed by atoms with Crippen LogP contribution in [0.1, 0.15) is 11.1 Å². The molecule has 1 heterocycles. The van der Waals surface area contributed by atoms with Crippen LogP contribution in [0.4, 0.5) is 5.69 Å². The predicted molar refractivity (Wildman–Crippen MR) is 76.9 cm³/mol. The Hall–Kier alpha value is -1.99. The molecule has 1 aliphatic rings. The van der Waals surface area contributed by atoms with Gasteiger partial charge in [0.15, 0.2) is 0 Å². The van der Waals surface area contributed by atoms with Crippen LogP contribution >= 0.6 is 0 Å². The summed E-state index contributed by atoms with van der Waals surface area (Å²) in [6.07, 6.45) is -0.484. The van der Waals surface area contributed by atoms with Crippen molar-refractivity contribution >= 4 is 11.6 Å². The van der Waals surface area contributed by atoms with E-state index in [0.717, 1.165) is 5.56 Å². The van der Waals surface area contributed by atoms with Gasteiger partial charge in [0.1, 0.15) is 6.10 Å². The van der Waals surface area contributed by atoms with Gasteiger partial charge in [0, 0.05) is 38.3 Å². The molecule has 21 heavy (non-hydrogen) atoms. The lowest BCUT2D eigenvalue weighted by molar-refractivity contribution is -0.385. The molecule has 1 amide bonds. The molecule has 1 N–H and O–H groups in total. The maximum atomic E-state index is 11.6. The lowest BCUT2D eigenvalue weighted by Gasteiger charge is -2.32. The number of likely N-dealkylation sites (N-methyl/N-ethyl adjacent to an activating group) is 1. The molecule has 0 aliphatic carbocycles. The number of nitrogens with zero attached hydrogens (tertiary/aromatic N) is 2. The summed E-state index contributed by atoms with van der Waals surface area (Å²) in [5.41, 5.74) is 1.70. The molecule has 0 radical (unpaired) electrons. The molecule has 0 saturated carbocycles. The highest BCUT2D eigenvalue weighted by Crippen LogP contribution is 2.22. The van der Waals surface area contributed by atoms with Crippen LogP contribution in [0, 0.1) is 17.0 Å². The maximum absolute atomic E-state index is 11.6. The largest absolute Gasteiger partial charge is 0.366 e. The van der Waals surface area contributed by atoms with Crippen LogP contribution in [0.3, 0.4) is 0 Å². The van der Waals surface area contributed by atoms with E-state index < -0.39 is 6.10 Å². The van der Waals surface area contributed by atoms with Gasteiger partial charge in [0.2, 0.25) is 5.91 Å². The van der Waals surface area contributed by atoms with Crippen molar-refractivity contribution in [2.45, 2.75) is 19.6 Å². The number of rotatable bonds is 4. The summed E-state index contributed by atoms with van der Waals surface area (Å²) in [4.78, 5) is 24.3. The molecule has 7 heteroatoms. The van der Waals surface area contributed by atoms with E-state index in [4.69, 9.17) is 4.74 Å². The van der Waals surface area contributed by atoms with E-state index in [1.807, 2.05) is 6.07 Å². The second-order valence-corrected chi connectivity index (χ2v) is 5.03. The fourth-order valence-corrected chi connectivity index (χ4v) is 2.45. The Kier molecular flexibility index (Phi) is 4.87. The fraction of sp³-hybridized carbons (Fsp3) is 0.500. The molecule has 1 atom stereocenters. The second-order valence-electron chi connectivity index (χ2n) is 5.03. The van der Waals surface area contributed by atoms with Gasteiger partial charge in [0.05, 0.1) is 11.5 Å². The average Bonchev–Trinajstić information content (AvgIpc) is 2.48. The van der Waals surface area contributed by atoms with Gasteiger partial charge in [-0.15, -0.1) is 0 Å². The van der Waals surface area contributed by atoms with Gasteiger partial charge in [-0.1, -0.05) is 12.1 Å². The number of hydrogen-bond acceptors (Lipinski definition) is 5. The molecular weight excluding hydrogens is 274 g/mol. The number of benzene rings is 1. The zero-order valence-corrected chi connectivity index (χ0v) is 12.2. The molecular formula is C14H19N3O4. The van der Waals surface area contributed by atoms with Crippen LogP contribution in [0.25, 0.3) is 0 Å². The first-order valence-electron chi connectivity index (χ1n) is 6.81. The minimum atomic E-state index is -0.484. The smallest absolute Gasteiger partial charge is 0.272 e. The van der Waals surface area contributed by atoms with Crippen molar-refractivity contribution in [3.63, 3.8) is 0 Å². The number of nitro benzene ring substituents is 1. The van der Waals surface area contributed by atoms with Crippen LogP contribution in [0.2, 0.25) is 0 Å². The van der Waals surface area contributed by atoms with Crippen molar-refractivity contribution in [3.8, 4) is 0 Å². The van der Waals surface area contributed by atoms with Crippen molar-refractivity contribution in [1.29, 1.82) is 0 Å². The first-order valence-corrected chi connectivity index (χ1v) is 6.81. The Bertz CT molecular complexity index is 547. The molecule has 7 nitrogen and oxygen atoms in total. The van der Waals surface area contributed by atoms with E-state index in [9.17, 15) is 14.9 Å². The predicted octanol–water partition coefficient (Wildman–Crippen LogP) is 0.850. The van der Waals surface area contributed by atoms with Crippen LogP contribution in [-0.4, -0.2) is 48.6 Å².